The monoisotopic (exact) mass is 394 g/mol. The van der Waals surface area contributed by atoms with E-state index in [1.54, 1.807) is 12.0 Å². The van der Waals surface area contributed by atoms with Crippen LogP contribution in [0, 0.1) is 5.92 Å². The summed E-state index contributed by atoms with van der Waals surface area (Å²) in [5, 5.41) is 2.96. The minimum absolute atomic E-state index is 0.00747. The van der Waals surface area contributed by atoms with Gasteiger partial charge in [-0.1, -0.05) is 30.3 Å². The summed E-state index contributed by atoms with van der Waals surface area (Å²) < 4.78 is 10.6. The number of hydrogen-bond acceptors (Lipinski definition) is 4. The standard InChI is InChI=1S/C23H26N2O4/c1-28-19-11-9-17(10-12-19)21(16-7-8-16)13-22(26)24-14-20-15-25(23(27)29-20)18-5-3-2-4-6-18/h2-6,9-12,16,20-21H,7-8,13-15H2,1H3,(H,24,26). The molecule has 4 rings (SSSR count). The number of nitrogens with one attached hydrogen (secondary N) is 1. The number of methoxy groups -OCH3 is 1. The molecule has 0 aromatic heterocycles. The van der Waals surface area contributed by atoms with E-state index in [0.717, 1.165) is 24.3 Å². The molecule has 1 saturated heterocycles. The third-order valence-corrected chi connectivity index (χ3v) is 5.61. The average Bonchev–Trinajstić information content (AvgIpc) is 3.53. The van der Waals surface area contributed by atoms with E-state index in [2.05, 4.69) is 5.32 Å². The van der Waals surface area contributed by atoms with Gasteiger partial charge in [-0.2, -0.15) is 0 Å². The Bertz CT molecular complexity index is 849. The number of rotatable bonds is 8. The van der Waals surface area contributed by atoms with Gasteiger partial charge >= 0.3 is 6.09 Å². The number of anilines is 1. The summed E-state index contributed by atoms with van der Waals surface area (Å²) in [4.78, 5) is 26.3. The van der Waals surface area contributed by atoms with Gasteiger partial charge in [-0.05, 0) is 54.5 Å². The van der Waals surface area contributed by atoms with Gasteiger partial charge in [0.2, 0.25) is 5.91 Å². The summed E-state index contributed by atoms with van der Waals surface area (Å²) in [5.74, 6) is 1.59. The van der Waals surface area contributed by atoms with Crippen LogP contribution in [-0.4, -0.2) is 38.3 Å². The van der Waals surface area contributed by atoms with Crippen molar-refractivity contribution in [2.75, 3.05) is 25.1 Å². The van der Waals surface area contributed by atoms with Crippen molar-refractivity contribution in [2.45, 2.75) is 31.3 Å². The Morgan fingerprint density at radius 1 is 1.17 bits per heavy atom. The van der Waals surface area contributed by atoms with Gasteiger partial charge in [-0.25, -0.2) is 4.79 Å². The third-order valence-electron chi connectivity index (χ3n) is 5.61. The molecule has 2 amide bonds. The van der Waals surface area contributed by atoms with Crippen LogP contribution in [0.4, 0.5) is 10.5 Å². The van der Waals surface area contributed by atoms with Gasteiger partial charge in [0, 0.05) is 12.1 Å². The van der Waals surface area contributed by atoms with Crippen LogP contribution in [0.5, 0.6) is 5.75 Å². The highest BCUT2D eigenvalue weighted by molar-refractivity contribution is 5.89. The Hall–Kier alpha value is -3.02. The van der Waals surface area contributed by atoms with E-state index in [4.69, 9.17) is 9.47 Å². The SMILES string of the molecule is COc1ccc(C(CC(=O)NCC2CN(c3ccccc3)C(=O)O2)C2CC2)cc1. The first kappa shape index (κ1) is 19.3. The first-order chi connectivity index (χ1) is 14.1. The maximum absolute atomic E-state index is 12.6. The molecule has 2 fully saturated rings. The Morgan fingerprint density at radius 2 is 1.90 bits per heavy atom. The zero-order valence-electron chi connectivity index (χ0n) is 16.5. The van der Waals surface area contributed by atoms with E-state index in [-0.39, 0.29) is 24.0 Å². The predicted octanol–water partition coefficient (Wildman–Crippen LogP) is 3.72. The Balaban J connectivity index is 1.30. The summed E-state index contributed by atoms with van der Waals surface area (Å²) in [5.41, 5.74) is 1.98. The van der Waals surface area contributed by atoms with E-state index < -0.39 is 0 Å². The lowest BCUT2D eigenvalue weighted by Gasteiger charge is -2.18. The molecule has 29 heavy (non-hydrogen) atoms. The van der Waals surface area contributed by atoms with E-state index in [9.17, 15) is 9.59 Å². The summed E-state index contributed by atoms with van der Waals surface area (Å²) in [6.45, 7) is 0.765. The maximum Gasteiger partial charge on any atom is 0.414 e. The normalized spacial score (nSPS) is 19.6. The van der Waals surface area contributed by atoms with Gasteiger partial charge in [0.15, 0.2) is 0 Å². The number of ether oxygens (including phenoxy) is 2. The quantitative estimate of drug-likeness (QED) is 0.741. The van der Waals surface area contributed by atoms with Crippen molar-refractivity contribution >= 4 is 17.7 Å². The molecule has 1 aliphatic carbocycles. The molecule has 0 bridgehead atoms. The van der Waals surface area contributed by atoms with Crippen molar-refractivity contribution < 1.29 is 19.1 Å². The van der Waals surface area contributed by atoms with Crippen LogP contribution < -0.4 is 15.0 Å². The minimum Gasteiger partial charge on any atom is -0.497 e. The van der Waals surface area contributed by atoms with Gasteiger partial charge in [0.25, 0.3) is 0 Å². The summed E-state index contributed by atoms with van der Waals surface area (Å²) >= 11 is 0. The lowest BCUT2D eigenvalue weighted by Crippen LogP contribution is -2.35. The zero-order chi connectivity index (χ0) is 20.2. The Kier molecular flexibility index (Phi) is 5.69. The van der Waals surface area contributed by atoms with Crippen LogP contribution >= 0.6 is 0 Å². The molecule has 2 aromatic carbocycles. The molecule has 1 N–H and O–H groups in total. The zero-order valence-corrected chi connectivity index (χ0v) is 16.5. The maximum atomic E-state index is 12.6. The molecule has 2 atom stereocenters. The fraction of sp³-hybridized carbons (Fsp3) is 0.391. The smallest absolute Gasteiger partial charge is 0.414 e. The largest absolute Gasteiger partial charge is 0.497 e. The van der Waals surface area contributed by atoms with E-state index in [1.165, 1.54) is 5.56 Å². The average molecular weight is 394 g/mol. The Labute approximate surface area is 170 Å². The summed E-state index contributed by atoms with van der Waals surface area (Å²) in [6, 6.07) is 17.4. The fourth-order valence-electron chi connectivity index (χ4n) is 3.85. The van der Waals surface area contributed by atoms with Crippen LogP contribution in [0.25, 0.3) is 0 Å². The van der Waals surface area contributed by atoms with Crippen molar-refractivity contribution in [1.82, 2.24) is 5.32 Å². The molecular weight excluding hydrogens is 368 g/mol. The molecule has 0 spiro atoms. The number of cyclic esters (lactones) is 1. The minimum atomic E-state index is -0.371. The second-order valence-electron chi connectivity index (χ2n) is 7.68. The highest BCUT2D eigenvalue weighted by atomic mass is 16.6. The first-order valence-electron chi connectivity index (χ1n) is 10.1. The first-order valence-corrected chi connectivity index (χ1v) is 10.1. The number of benzene rings is 2. The predicted molar refractivity (Wildman–Crippen MR) is 110 cm³/mol. The van der Waals surface area contributed by atoms with Gasteiger partial charge in [-0.3, -0.25) is 9.69 Å². The molecule has 152 valence electrons. The molecule has 6 nitrogen and oxygen atoms in total. The number of para-hydroxylation sites is 1. The van der Waals surface area contributed by atoms with Gasteiger partial charge < -0.3 is 14.8 Å². The number of amides is 2. The second kappa shape index (κ2) is 8.55. The lowest BCUT2D eigenvalue weighted by atomic mass is 9.90. The third kappa shape index (κ3) is 4.70. The second-order valence-corrected chi connectivity index (χ2v) is 7.68. The summed E-state index contributed by atoms with van der Waals surface area (Å²) in [7, 11) is 1.65. The van der Waals surface area contributed by atoms with Crippen molar-refractivity contribution in [3.63, 3.8) is 0 Å². The van der Waals surface area contributed by atoms with Crippen molar-refractivity contribution in [3.05, 3.63) is 60.2 Å². The molecule has 1 heterocycles. The Morgan fingerprint density at radius 3 is 2.55 bits per heavy atom. The number of carbonyl (C=O) groups excluding carboxylic acids is 2. The molecule has 2 aromatic rings. The topological polar surface area (TPSA) is 67.9 Å². The molecule has 6 heteroatoms. The molecule has 1 aliphatic heterocycles. The van der Waals surface area contributed by atoms with E-state index in [0.29, 0.717) is 25.4 Å². The van der Waals surface area contributed by atoms with Crippen molar-refractivity contribution in [3.8, 4) is 5.75 Å². The number of hydrogen-bond donors (Lipinski definition) is 1. The molecule has 0 radical (unpaired) electrons. The highest BCUT2D eigenvalue weighted by Gasteiger charge is 2.35. The number of nitrogens with zero attached hydrogens (tertiary/aromatic N) is 1. The van der Waals surface area contributed by atoms with Gasteiger partial charge in [0.1, 0.15) is 11.9 Å². The molecule has 2 unspecified atom stereocenters. The van der Waals surface area contributed by atoms with Crippen LogP contribution in [0.2, 0.25) is 0 Å². The van der Waals surface area contributed by atoms with Gasteiger partial charge in [0.05, 0.1) is 20.2 Å². The van der Waals surface area contributed by atoms with E-state index >= 15 is 0 Å². The van der Waals surface area contributed by atoms with Gasteiger partial charge in [-0.15, -0.1) is 0 Å². The van der Waals surface area contributed by atoms with Crippen molar-refractivity contribution in [2.24, 2.45) is 5.92 Å². The van der Waals surface area contributed by atoms with E-state index in [1.807, 2.05) is 54.6 Å². The lowest BCUT2D eigenvalue weighted by molar-refractivity contribution is -0.122. The van der Waals surface area contributed by atoms with Crippen LogP contribution in [0.15, 0.2) is 54.6 Å². The van der Waals surface area contributed by atoms with Crippen LogP contribution in [0.3, 0.4) is 0 Å². The van der Waals surface area contributed by atoms with Crippen LogP contribution in [0.1, 0.15) is 30.7 Å². The highest BCUT2D eigenvalue weighted by Crippen LogP contribution is 2.44. The van der Waals surface area contributed by atoms with Crippen molar-refractivity contribution in [1.29, 1.82) is 0 Å². The molecule has 1 saturated carbocycles. The molecular formula is C23H26N2O4. The number of carbonyl (C=O) groups is 2. The molecule has 2 aliphatic rings. The van der Waals surface area contributed by atoms with Crippen LogP contribution in [-0.2, 0) is 9.53 Å². The summed E-state index contributed by atoms with van der Waals surface area (Å²) in [6.07, 6.45) is 2.06. The fourth-order valence-corrected chi connectivity index (χ4v) is 3.85.